The maximum Gasteiger partial charge on any atom is 4.00 e. The van der Waals surface area contributed by atoms with Crippen LogP contribution in [0.5, 0.6) is 0 Å². The molecule has 3 aromatic rings. The molecular formula is C12H11NO2SiTi. The number of H-pyrrole nitrogens is 1. The van der Waals surface area contributed by atoms with E-state index in [1.54, 1.807) is 0 Å². The van der Waals surface area contributed by atoms with E-state index in [9.17, 15) is 0 Å². The Kier molecular flexibility index (Phi) is 5.81. The summed E-state index contributed by atoms with van der Waals surface area (Å²) in [7, 11) is 1.09. The largest absolute Gasteiger partial charge is 4.00 e. The van der Waals surface area contributed by atoms with E-state index in [1.165, 1.54) is 27.0 Å². The monoisotopic (exact) mass is 277 g/mol. The number of para-hydroxylation sites is 2. The Morgan fingerprint density at radius 1 is 0.824 bits per heavy atom. The van der Waals surface area contributed by atoms with Crippen LogP contribution in [0.25, 0.3) is 21.8 Å². The van der Waals surface area contributed by atoms with Gasteiger partial charge >= 0.3 is 21.7 Å². The fourth-order valence-corrected chi connectivity index (χ4v) is 2.61. The van der Waals surface area contributed by atoms with E-state index in [-0.39, 0.29) is 32.7 Å². The predicted octanol–water partition coefficient (Wildman–Crippen LogP) is 1.07. The summed E-state index contributed by atoms with van der Waals surface area (Å²) in [6.07, 6.45) is 0. The van der Waals surface area contributed by atoms with E-state index < -0.39 is 0 Å². The van der Waals surface area contributed by atoms with Gasteiger partial charge in [0, 0.05) is 32.0 Å². The Morgan fingerprint density at radius 3 is 2.24 bits per heavy atom. The molecule has 0 aliphatic rings. The van der Waals surface area contributed by atoms with Crippen LogP contribution < -0.4 is 5.19 Å². The fraction of sp³-hybridized carbons (Fsp3) is 0. The molecule has 1 N–H and O–H groups in total. The summed E-state index contributed by atoms with van der Waals surface area (Å²) < 4.78 is 0. The zero-order valence-corrected chi connectivity index (χ0v) is 12.9. The van der Waals surface area contributed by atoms with Crippen molar-refractivity contribution in [3.8, 4) is 0 Å². The minimum Gasteiger partial charge on any atom is -2.00 e. The number of benzene rings is 2. The summed E-state index contributed by atoms with van der Waals surface area (Å²) in [5.74, 6) is 0. The first-order valence-corrected chi connectivity index (χ1v) is 5.82. The van der Waals surface area contributed by atoms with E-state index >= 15 is 0 Å². The van der Waals surface area contributed by atoms with Crippen LogP contribution in [0, 0.1) is 0 Å². The first kappa shape index (κ1) is 16.1. The van der Waals surface area contributed by atoms with Crippen molar-refractivity contribution in [2.75, 3.05) is 0 Å². The fourth-order valence-electron chi connectivity index (χ4n) is 2.02. The van der Waals surface area contributed by atoms with Crippen molar-refractivity contribution in [3.63, 3.8) is 0 Å². The minimum absolute atomic E-state index is 0. The van der Waals surface area contributed by atoms with Gasteiger partial charge in [-0.1, -0.05) is 36.4 Å². The average molecular weight is 277 g/mol. The van der Waals surface area contributed by atoms with Gasteiger partial charge in [-0.3, -0.25) is 0 Å². The zero-order chi connectivity index (χ0) is 9.54. The van der Waals surface area contributed by atoms with Gasteiger partial charge in [0.25, 0.3) is 0 Å². The van der Waals surface area contributed by atoms with Crippen LogP contribution in [0.15, 0.2) is 42.5 Å². The Hall–Kier alpha value is -0.909. The second kappa shape index (κ2) is 6.14. The first-order valence-electron chi connectivity index (χ1n) is 4.82. The van der Waals surface area contributed by atoms with E-state index in [0.717, 1.165) is 10.2 Å². The van der Waals surface area contributed by atoms with Crippen LogP contribution in [0.2, 0.25) is 0 Å². The number of aromatic amines is 1. The van der Waals surface area contributed by atoms with Gasteiger partial charge in [-0.25, -0.2) is 0 Å². The van der Waals surface area contributed by atoms with Gasteiger partial charge in [0.1, 0.15) is 0 Å². The topological polar surface area (TPSA) is 72.8 Å². The molecule has 0 aliphatic carbocycles. The van der Waals surface area contributed by atoms with Gasteiger partial charge in [0.05, 0.1) is 0 Å². The molecule has 1 heterocycles. The summed E-state index contributed by atoms with van der Waals surface area (Å²) in [6.45, 7) is 0. The normalized spacial score (nSPS) is 9.41. The van der Waals surface area contributed by atoms with Crippen LogP contribution in [-0.4, -0.2) is 15.2 Å². The second-order valence-corrected chi connectivity index (χ2v) is 4.75. The maximum absolute atomic E-state index is 3.48. The van der Waals surface area contributed by atoms with E-state index in [2.05, 4.69) is 47.4 Å². The smallest absolute Gasteiger partial charge is 2.00 e. The molecule has 5 heteroatoms. The number of rotatable bonds is 0. The van der Waals surface area contributed by atoms with Crippen LogP contribution in [0.1, 0.15) is 0 Å². The maximum atomic E-state index is 3.48. The van der Waals surface area contributed by atoms with Crippen molar-refractivity contribution < 1.29 is 32.7 Å². The molecule has 0 bridgehead atoms. The number of hydrogen-bond acceptors (Lipinski definition) is 0. The first-order chi connectivity index (χ1) is 6.86. The second-order valence-electron chi connectivity index (χ2n) is 3.67. The summed E-state index contributed by atoms with van der Waals surface area (Å²) in [5.41, 5.74) is 2.56. The molecule has 0 unspecified atom stereocenters. The minimum atomic E-state index is 0. The summed E-state index contributed by atoms with van der Waals surface area (Å²) in [6, 6.07) is 15.0. The van der Waals surface area contributed by atoms with E-state index in [0.29, 0.717) is 0 Å². The van der Waals surface area contributed by atoms with E-state index in [1.807, 2.05) is 0 Å². The van der Waals surface area contributed by atoms with Crippen molar-refractivity contribution in [2.24, 2.45) is 0 Å². The Labute approximate surface area is 117 Å². The quantitative estimate of drug-likeness (QED) is 0.597. The molecule has 3 nitrogen and oxygen atoms in total. The Bertz CT molecular complexity index is 624. The summed E-state index contributed by atoms with van der Waals surface area (Å²) >= 11 is 0. The van der Waals surface area contributed by atoms with Gasteiger partial charge in [-0.15, -0.1) is 0 Å². The Balaban J connectivity index is 0.000000853. The molecule has 1 aromatic heterocycles. The van der Waals surface area contributed by atoms with Crippen molar-refractivity contribution in [1.82, 2.24) is 4.98 Å². The van der Waals surface area contributed by atoms with Crippen LogP contribution in [0.3, 0.4) is 0 Å². The zero-order valence-electron chi connectivity index (χ0n) is 9.36. The molecule has 0 aliphatic heterocycles. The molecule has 2 aromatic carbocycles. The summed E-state index contributed by atoms with van der Waals surface area (Å²) in [4.78, 5) is 3.48. The SMILES string of the molecule is [O-2].[O-2].[SiH3]c1cccc2c1[nH]c1ccccc12.[Ti+4]. The molecule has 0 atom stereocenters. The van der Waals surface area contributed by atoms with E-state index in [4.69, 9.17) is 0 Å². The number of fused-ring (bicyclic) bond motifs is 3. The Morgan fingerprint density at radius 2 is 1.47 bits per heavy atom. The third-order valence-electron chi connectivity index (χ3n) is 2.75. The molecule has 0 saturated carbocycles. The van der Waals surface area contributed by atoms with Gasteiger partial charge in [0.2, 0.25) is 0 Å². The average Bonchev–Trinajstić information content (AvgIpc) is 2.59. The number of hydrogen-bond donors (Lipinski definition) is 1. The van der Waals surface area contributed by atoms with Crippen molar-refractivity contribution in [1.29, 1.82) is 0 Å². The molecule has 3 rings (SSSR count). The molecule has 0 saturated heterocycles. The number of aromatic nitrogens is 1. The predicted molar refractivity (Wildman–Crippen MR) is 66.8 cm³/mol. The summed E-state index contributed by atoms with van der Waals surface area (Å²) in [5, 5.41) is 4.13. The van der Waals surface area contributed by atoms with Crippen LogP contribution in [0.4, 0.5) is 0 Å². The molecular weight excluding hydrogens is 266 g/mol. The molecule has 17 heavy (non-hydrogen) atoms. The van der Waals surface area contributed by atoms with Crippen molar-refractivity contribution in [3.05, 3.63) is 42.5 Å². The van der Waals surface area contributed by atoms with Gasteiger partial charge in [0.15, 0.2) is 0 Å². The van der Waals surface area contributed by atoms with Crippen molar-refractivity contribution in [2.45, 2.75) is 0 Å². The molecule has 0 amide bonds. The van der Waals surface area contributed by atoms with Gasteiger partial charge in [-0.2, -0.15) is 0 Å². The van der Waals surface area contributed by atoms with Crippen LogP contribution in [-0.2, 0) is 32.7 Å². The van der Waals surface area contributed by atoms with Crippen molar-refractivity contribution >= 4 is 37.2 Å². The number of nitrogens with one attached hydrogen (secondary N) is 1. The third kappa shape index (κ3) is 2.51. The van der Waals surface area contributed by atoms with Crippen LogP contribution >= 0.6 is 0 Å². The van der Waals surface area contributed by atoms with Gasteiger partial charge in [-0.05, 0) is 11.3 Å². The van der Waals surface area contributed by atoms with Gasteiger partial charge < -0.3 is 15.9 Å². The molecule has 0 spiro atoms. The molecule has 0 fully saturated rings. The molecule has 0 radical (unpaired) electrons. The standard InChI is InChI=1S/C12H11NSi.2O.Ti/c14-11-7-3-5-9-8-4-1-2-6-10(8)13-12(9)11;;;/h1-7,13H,14H3;;;/q;2*-2;+4. The third-order valence-corrected chi connectivity index (χ3v) is 3.58. The molecule has 84 valence electrons.